The lowest BCUT2D eigenvalue weighted by molar-refractivity contribution is 0.414. The van der Waals surface area contributed by atoms with E-state index in [2.05, 4.69) is 49.0 Å². The number of nitrogens with zero attached hydrogens (tertiary/aromatic N) is 1. The van der Waals surface area contributed by atoms with Crippen LogP contribution in [0.25, 0.3) is 10.9 Å². The van der Waals surface area contributed by atoms with Gasteiger partial charge >= 0.3 is 0 Å². The summed E-state index contributed by atoms with van der Waals surface area (Å²) in [5, 5.41) is 4.71. The Morgan fingerprint density at radius 3 is 2.68 bits per heavy atom. The van der Waals surface area contributed by atoms with Gasteiger partial charge in [-0.05, 0) is 51.9 Å². The Balaban J connectivity index is 2.02. The summed E-state index contributed by atoms with van der Waals surface area (Å²) >= 11 is 0. The Kier molecular flexibility index (Phi) is 4.15. The van der Waals surface area contributed by atoms with Crippen LogP contribution in [0.3, 0.4) is 0 Å². The van der Waals surface area contributed by atoms with Gasteiger partial charge in [0.15, 0.2) is 0 Å². The van der Waals surface area contributed by atoms with Crippen molar-refractivity contribution in [3.05, 3.63) is 30.5 Å². The minimum atomic E-state index is 0.196. The highest BCUT2D eigenvalue weighted by Crippen LogP contribution is 2.26. The average molecular weight is 260 g/mol. The Labute approximate surface area is 115 Å². The number of nitrogens with one attached hydrogen (secondary N) is 1. The van der Waals surface area contributed by atoms with Crippen LogP contribution in [0, 0.1) is 0 Å². The Morgan fingerprint density at radius 1 is 1.21 bits per heavy atom. The van der Waals surface area contributed by atoms with E-state index in [0.29, 0.717) is 0 Å². The lowest BCUT2D eigenvalue weighted by Crippen LogP contribution is -2.36. The van der Waals surface area contributed by atoms with Crippen molar-refractivity contribution in [3.63, 3.8) is 0 Å². The smallest absolute Gasteiger partial charge is 0.128 e. The second-order valence-electron chi connectivity index (χ2n) is 5.93. The molecule has 1 N–H and O–H groups in total. The van der Waals surface area contributed by atoms with Crippen LogP contribution >= 0.6 is 0 Å². The quantitative estimate of drug-likeness (QED) is 0.834. The summed E-state index contributed by atoms with van der Waals surface area (Å²) in [4.78, 5) is 0. The summed E-state index contributed by atoms with van der Waals surface area (Å²) in [5.74, 6) is 0.948. The molecule has 0 atom stereocenters. The molecule has 3 heteroatoms. The van der Waals surface area contributed by atoms with Crippen LogP contribution in [0.15, 0.2) is 30.5 Å². The molecule has 3 nitrogen and oxygen atoms in total. The second-order valence-corrected chi connectivity index (χ2v) is 5.93. The lowest BCUT2D eigenvalue weighted by atomic mass is 10.1. The van der Waals surface area contributed by atoms with Crippen molar-refractivity contribution in [2.45, 2.75) is 39.3 Å². The molecule has 0 amide bonds. The summed E-state index contributed by atoms with van der Waals surface area (Å²) in [6.45, 7) is 8.65. The van der Waals surface area contributed by atoms with Gasteiger partial charge in [0.2, 0.25) is 0 Å². The van der Waals surface area contributed by atoms with Crippen LogP contribution in [0.2, 0.25) is 0 Å². The molecule has 1 aromatic carbocycles. The van der Waals surface area contributed by atoms with Gasteiger partial charge in [-0.2, -0.15) is 0 Å². The Bertz CT molecular complexity index is 537. The van der Waals surface area contributed by atoms with Crippen molar-refractivity contribution in [1.82, 2.24) is 9.88 Å². The number of fused-ring (bicyclic) bond motifs is 1. The number of rotatable bonds is 5. The van der Waals surface area contributed by atoms with Gasteiger partial charge in [-0.25, -0.2) is 0 Å². The van der Waals surface area contributed by atoms with Crippen molar-refractivity contribution in [2.24, 2.45) is 0 Å². The topological polar surface area (TPSA) is 26.2 Å². The normalized spacial score (nSPS) is 12.0. The zero-order valence-electron chi connectivity index (χ0n) is 12.4. The third-order valence-electron chi connectivity index (χ3n) is 3.22. The molecule has 104 valence electrons. The van der Waals surface area contributed by atoms with Gasteiger partial charge in [0.25, 0.3) is 0 Å². The predicted molar refractivity (Wildman–Crippen MR) is 80.9 cm³/mol. The lowest BCUT2D eigenvalue weighted by Gasteiger charge is -2.20. The van der Waals surface area contributed by atoms with Crippen molar-refractivity contribution >= 4 is 10.9 Å². The third-order valence-corrected chi connectivity index (χ3v) is 3.22. The zero-order valence-corrected chi connectivity index (χ0v) is 12.4. The molecule has 0 aliphatic heterocycles. The molecule has 2 aromatic rings. The molecule has 0 unspecified atom stereocenters. The van der Waals surface area contributed by atoms with E-state index in [1.165, 1.54) is 10.9 Å². The summed E-state index contributed by atoms with van der Waals surface area (Å²) in [6, 6.07) is 8.33. The molecule has 1 aromatic heterocycles. The number of aromatic nitrogens is 1. The van der Waals surface area contributed by atoms with Gasteiger partial charge in [0.1, 0.15) is 5.75 Å². The summed E-state index contributed by atoms with van der Waals surface area (Å²) in [5.41, 5.74) is 1.44. The average Bonchev–Trinajstić information content (AvgIpc) is 2.76. The van der Waals surface area contributed by atoms with E-state index in [1.54, 1.807) is 7.11 Å². The van der Waals surface area contributed by atoms with Gasteiger partial charge in [-0.3, -0.25) is 0 Å². The molecule has 0 aliphatic carbocycles. The predicted octanol–water partition coefficient (Wildman–Crippen LogP) is 3.43. The second kappa shape index (κ2) is 5.66. The fraction of sp³-hybridized carbons (Fsp3) is 0.500. The van der Waals surface area contributed by atoms with Gasteiger partial charge in [-0.1, -0.05) is 6.07 Å². The van der Waals surface area contributed by atoms with Crippen LogP contribution in [0.5, 0.6) is 5.75 Å². The maximum Gasteiger partial charge on any atom is 0.128 e. The van der Waals surface area contributed by atoms with Crippen LogP contribution in [0.4, 0.5) is 0 Å². The van der Waals surface area contributed by atoms with E-state index >= 15 is 0 Å². The van der Waals surface area contributed by atoms with Gasteiger partial charge in [-0.15, -0.1) is 0 Å². The molecule has 2 rings (SSSR count). The van der Waals surface area contributed by atoms with Crippen LogP contribution in [0.1, 0.15) is 27.2 Å². The third kappa shape index (κ3) is 3.51. The summed E-state index contributed by atoms with van der Waals surface area (Å²) in [6.07, 6.45) is 3.27. The van der Waals surface area contributed by atoms with Crippen LogP contribution < -0.4 is 10.1 Å². The Morgan fingerprint density at radius 2 is 2.00 bits per heavy atom. The number of benzene rings is 1. The van der Waals surface area contributed by atoms with Crippen LogP contribution in [-0.4, -0.2) is 23.8 Å². The highest BCUT2D eigenvalue weighted by Gasteiger charge is 2.08. The Hall–Kier alpha value is -1.48. The van der Waals surface area contributed by atoms with Crippen LogP contribution in [-0.2, 0) is 6.54 Å². The maximum absolute atomic E-state index is 5.39. The molecule has 0 radical (unpaired) electrons. The number of methoxy groups -OCH3 is 1. The molecular formula is C16H24N2O. The van der Waals surface area contributed by atoms with Gasteiger partial charge < -0.3 is 14.6 Å². The minimum absolute atomic E-state index is 0.196. The molecular weight excluding hydrogens is 236 g/mol. The number of hydrogen-bond donors (Lipinski definition) is 1. The van der Waals surface area contributed by atoms with E-state index < -0.39 is 0 Å². The highest BCUT2D eigenvalue weighted by molar-refractivity contribution is 5.86. The number of hydrogen-bond acceptors (Lipinski definition) is 2. The first-order valence-corrected chi connectivity index (χ1v) is 6.88. The summed E-state index contributed by atoms with van der Waals surface area (Å²) < 4.78 is 7.68. The first-order chi connectivity index (χ1) is 9.01. The first-order valence-electron chi connectivity index (χ1n) is 6.88. The van der Waals surface area contributed by atoms with Gasteiger partial charge in [0.05, 0.1) is 12.6 Å². The molecule has 1 heterocycles. The molecule has 19 heavy (non-hydrogen) atoms. The van der Waals surface area contributed by atoms with E-state index in [9.17, 15) is 0 Å². The van der Waals surface area contributed by atoms with Gasteiger partial charge in [0, 0.05) is 23.7 Å². The fourth-order valence-electron chi connectivity index (χ4n) is 2.28. The van der Waals surface area contributed by atoms with E-state index in [1.807, 2.05) is 12.1 Å². The van der Waals surface area contributed by atoms with E-state index in [-0.39, 0.29) is 5.54 Å². The van der Waals surface area contributed by atoms with Crippen molar-refractivity contribution in [1.29, 1.82) is 0 Å². The largest absolute Gasteiger partial charge is 0.496 e. The monoisotopic (exact) mass is 260 g/mol. The van der Waals surface area contributed by atoms with Crippen molar-refractivity contribution < 1.29 is 4.74 Å². The minimum Gasteiger partial charge on any atom is -0.496 e. The number of aryl methyl sites for hydroxylation is 1. The highest BCUT2D eigenvalue weighted by atomic mass is 16.5. The maximum atomic E-state index is 5.39. The molecule has 0 saturated heterocycles. The summed E-state index contributed by atoms with van der Waals surface area (Å²) in [7, 11) is 1.72. The molecule has 0 aliphatic rings. The zero-order chi connectivity index (χ0) is 13.9. The molecule has 0 saturated carbocycles. The SMILES string of the molecule is COc1cccc2c1ccn2CCCNC(C)(C)C. The van der Waals surface area contributed by atoms with E-state index in [4.69, 9.17) is 4.74 Å². The van der Waals surface area contributed by atoms with Crippen molar-refractivity contribution in [3.8, 4) is 5.75 Å². The number of ether oxygens (including phenoxy) is 1. The molecule has 0 fully saturated rings. The van der Waals surface area contributed by atoms with Crippen molar-refractivity contribution in [2.75, 3.05) is 13.7 Å². The van der Waals surface area contributed by atoms with E-state index in [0.717, 1.165) is 25.3 Å². The molecule has 0 bridgehead atoms. The fourth-order valence-corrected chi connectivity index (χ4v) is 2.28. The first kappa shape index (κ1) is 13.9. The standard InChI is InChI=1S/C16H24N2O/c1-16(2,3)17-10-6-11-18-12-9-13-14(18)7-5-8-15(13)19-4/h5,7-9,12,17H,6,10-11H2,1-4H3. The molecule has 0 spiro atoms.